The third-order valence-electron chi connectivity index (χ3n) is 4.41. The first kappa shape index (κ1) is 17.2. The maximum atomic E-state index is 14.3. The van der Waals surface area contributed by atoms with Gasteiger partial charge < -0.3 is 4.90 Å². The fourth-order valence-corrected chi connectivity index (χ4v) is 3.88. The molecule has 3 aromatic rings. The zero-order chi connectivity index (χ0) is 18.3. The van der Waals surface area contributed by atoms with Gasteiger partial charge in [-0.2, -0.15) is 5.10 Å². The van der Waals surface area contributed by atoms with Crippen molar-refractivity contribution >= 4 is 39.1 Å². The van der Waals surface area contributed by atoms with Crippen LogP contribution in [0.15, 0.2) is 53.1 Å². The molecule has 0 atom stereocenters. The van der Waals surface area contributed by atoms with Crippen LogP contribution in [0.3, 0.4) is 0 Å². The molecule has 2 aromatic carbocycles. The number of carbonyl (C=O) groups is 1. The predicted molar refractivity (Wildman–Crippen MR) is 102 cm³/mol. The van der Waals surface area contributed by atoms with E-state index in [-0.39, 0.29) is 16.6 Å². The molecule has 0 aliphatic carbocycles. The number of halogens is 3. The highest BCUT2D eigenvalue weighted by atomic mass is 79.9. The molecule has 0 saturated carbocycles. The summed E-state index contributed by atoms with van der Waals surface area (Å²) in [7, 11) is 0. The lowest BCUT2D eigenvalue weighted by atomic mass is 10.1. The third-order valence-corrected chi connectivity index (χ3v) is 5.59. The van der Waals surface area contributed by atoms with Crippen molar-refractivity contribution in [2.45, 2.75) is 13.0 Å². The molecule has 0 spiro atoms. The van der Waals surface area contributed by atoms with Crippen LogP contribution in [0.2, 0.25) is 5.02 Å². The number of aromatic nitrogens is 2. The molecule has 1 aliphatic heterocycles. The number of carbonyl (C=O) groups excluding carboxylic acids is 1. The van der Waals surface area contributed by atoms with Crippen LogP contribution in [0.4, 0.5) is 10.1 Å². The van der Waals surface area contributed by atoms with E-state index >= 15 is 0 Å². The van der Waals surface area contributed by atoms with E-state index in [0.29, 0.717) is 25.2 Å². The Hall–Kier alpha value is -2.18. The number of nitrogens with zero attached hydrogens (tertiary/aromatic N) is 3. The monoisotopic (exact) mass is 433 g/mol. The van der Waals surface area contributed by atoms with Gasteiger partial charge in [-0.05, 0) is 40.0 Å². The first-order chi connectivity index (χ1) is 12.6. The van der Waals surface area contributed by atoms with Crippen LogP contribution < -0.4 is 4.90 Å². The molecule has 2 heterocycles. The zero-order valence-electron chi connectivity index (χ0n) is 13.6. The van der Waals surface area contributed by atoms with E-state index in [0.717, 1.165) is 15.7 Å². The molecule has 1 aliphatic rings. The third kappa shape index (κ3) is 2.93. The second kappa shape index (κ2) is 6.85. The molecule has 0 bridgehead atoms. The number of hydrogen-bond donors (Lipinski definition) is 0. The van der Waals surface area contributed by atoms with Gasteiger partial charge >= 0.3 is 0 Å². The fourth-order valence-electron chi connectivity index (χ4n) is 3.12. The molecule has 1 amide bonds. The summed E-state index contributed by atoms with van der Waals surface area (Å²) in [4.78, 5) is 14.3. The van der Waals surface area contributed by atoms with Gasteiger partial charge in [0.2, 0.25) is 0 Å². The number of anilines is 1. The van der Waals surface area contributed by atoms with Gasteiger partial charge in [-0.25, -0.2) is 4.39 Å². The minimum Gasteiger partial charge on any atom is -0.304 e. The molecule has 1 aromatic heterocycles. The maximum Gasteiger partial charge on any atom is 0.279 e. The van der Waals surface area contributed by atoms with Crippen molar-refractivity contribution in [1.29, 1.82) is 0 Å². The summed E-state index contributed by atoms with van der Waals surface area (Å²) in [6, 6.07) is 14.5. The highest BCUT2D eigenvalue weighted by Gasteiger charge is 2.32. The fraction of sp³-hybridized carbons (Fsp3) is 0.158. The normalized spacial score (nSPS) is 13.8. The summed E-state index contributed by atoms with van der Waals surface area (Å²) in [5, 5.41) is 4.47. The van der Waals surface area contributed by atoms with Crippen molar-refractivity contribution in [3.63, 3.8) is 0 Å². The van der Waals surface area contributed by atoms with Crippen LogP contribution in [-0.4, -0.2) is 22.2 Å². The first-order valence-corrected chi connectivity index (χ1v) is 9.28. The highest BCUT2D eigenvalue weighted by Crippen LogP contribution is 2.32. The van der Waals surface area contributed by atoms with Gasteiger partial charge in [0.05, 0.1) is 17.3 Å². The lowest BCUT2D eigenvalue weighted by Gasteiger charge is -2.26. The summed E-state index contributed by atoms with van der Waals surface area (Å²) in [6.07, 6.45) is 0.586. The van der Waals surface area contributed by atoms with Crippen molar-refractivity contribution < 1.29 is 9.18 Å². The Morgan fingerprint density at radius 1 is 1.15 bits per heavy atom. The molecule has 4 rings (SSSR count). The van der Waals surface area contributed by atoms with Gasteiger partial charge in [0, 0.05) is 12.1 Å². The molecule has 0 saturated heterocycles. The standard InChI is InChI=1S/C19H14BrClFN3O/c20-18-13-9-10-24(15-8-4-7-14(21)16(15)22)19(26)17(13)23-25(18)11-12-5-2-1-3-6-12/h1-8H,9-11H2. The largest absolute Gasteiger partial charge is 0.304 e. The van der Waals surface area contributed by atoms with Gasteiger partial charge in [-0.1, -0.05) is 48.0 Å². The van der Waals surface area contributed by atoms with E-state index in [1.165, 1.54) is 11.0 Å². The van der Waals surface area contributed by atoms with Gasteiger partial charge in [-0.15, -0.1) is 0 Å². The number of benzene rings is 2. The Kier molecular flexibility index (Phi) is 4.54. The summed E-state index contributed by atoms with van der Waals surface area (Å²) in [6.45, 7) is 0.923. The van der Waals surface area contributed by atoms with Crippen molar-refractivity contribution in [2.24, 2.45) is 0 Å². The molecule has 0 unspecified atom stereocenters. The van der Waals surface area contributed by atoms with Gasteiger partial charge in [0.25, 0.3) is 5.91 Å². The first-order valence-electron chi connectivity index (χ1n) is 8.11. The summed E-state index contributed by atoms with van der Waals surface area (Å²) >= 11 is 9.42. The van der Waals surface area contributed by atoms with Crippen molar-refractivity contribution in [3.8, 4) is 0 Å². The summed E-state index contributed by atoms with van der Waals surface area (Å²) in [5.41, 5.74) is 2.46. The van der Waals surface area contributed by atoms with Crippen LogP contribution in [0.25, 0.3) is 0 Å². The zero-order valence-corrected chi connectivity index (χ0v) is 16.0. The molecule has 0 N–H and O–H groups in total. The van der Waals surface area contributed by atoms with Crippen LogP contribution in [0.1, 0.15) is 21.6 Å². The molecule has 4 nitrogen and oxygen atoms in total. The Labute approximate surface area is 163 Å². The Morgan fingerprint density at radius 2 is 1.92 bits per heavy atom. The number of fused-ring (bicyclic) bond motifs is 1. The molecular formula is C19H14BrClFN3O. The summed E-state index contributed by atoms with van der Waals surface area (Å²) in [5.74, 6) is -0.909. The van der Waals surface area contributed by atoms with Crippen molar-refractivity contribution in [2.75, 3.05) is 11.4 Å². The van der Waals surface area contributed by atoms with E-state index in [4.69, 9.17) is 11.6 Å². The highest BCUT2D eigenvalue weighted by molar-refractivity contribution is 9.10. The Bertz CT molecular complexity index is 990. The number of hydrogen-bond acceptors (Lipinski definition) is 2. The SMILES string of the molecule is O=C1c2nn(Cc3ccccc3)c(Br)c2CCN1c1cccc(Cl)c1F. The van der Waals surface area contributed by atoms with Crippen LogP contribution >= 0.6 is 27.5 Å². The lowest BCUT2D eigenvalue weighted by Crippen LogP contribution is -2.38. The van der Waals surface area contributed by atoms with E-state index < -0.39 is 5.82 Å². The quantitative estimate of drug-likeness (QED) is 0.600. The van der Waals surface area contributed by atoms with Gasteiger partial charge in [-0.3, -0.25) is 9.48 Å². The minimum atomic E-state index is -0.589. The summed E-state index contributed by atoms with van der Waals surface area (Å²) < 4.78 is 16.9. The maximum absolute atomic E-state index is 14.3. The Morgan fingerprint density at radius 3 is 2.69 bits per heavy atom. The van der Waals surface area contributed by atoms with E-state index in [1.807, 2.05) is 30.3 Å². The second-order valence-corrected chi connectivity index (χ2v) is 7.20. The predicted octanol–water partition coefficient (Wildman–Crippen LogP) is 4.69. The van der Waals surface area contributed by atoms with Crippen molar-refractivity contribution in [3.05, 3.63) is 80.8 Å². The number of rotatable bonds is 3. The molecule has 132 valence electrons. The van der Waals surface area contributed by atoms with Crippen LogP contribution in [-0.2, 0) is 13.0 Å². The molecule has 7 heteroatoms. The Balaban J connectivity index is 1.69. The molecule has 0 radical (unpaired) electrons. The molecule has 0 fully saturated rings. The average Bonchev–Trinajstić information content (AvgIpc) is 2.96. The van der Waals surface area contributed by atoms with Gasteiger partial charge in [0.1, 0.15) is 4.60 Å². The minimum absolute atomic E-state index is 0.00288. The van der Waals surface area contributed by atoms with Crippen molar-refractivity contribution in [1.82, 2.24) is 9.78 Å². The van der Waals surface area contributed by atoms with Crippen LogP contribution in [0.5, 0.6) is 0 Å². The van der Waals surface area contributed by atoms with Gasteiger partial charge in [0.15, 0.2) is 11.5 Å². The smallest absolute Gasteiger partial charge is 0.279 e. The molecular weight excluding hydrogens is 421 g/mol. The number of amides is 1. The van der Waals surface area contributed by atoms with E-state index in [9.17, 15) is 9.18 Å². The topological polar surface area (TPSA) is 38.1 Å². The van der Waals surface area contributed by atoms with E-state index in [1.54, 1.807) is 16.8 Å². The molecule has 26 heavy (non-hydrogen) atoms. The average molecular weight is 435 g/mol. The van der Waals surface area contributed by atoms with E-state index in [2.05, 4.69) is 21.0 Å². The lowest BCUT2D eigenvalue weighted by molar-refractivity contribution is 0.0974. The second-order valence-electron chi connectivity index (χ2n) is 6.04. The van der Waals surface area contributed by atoms with Crippen LogP contribution in [0, 0.1) is 5.82 Å².